The van der Waals surface area contributed by atoms with Crippen LogP contribution in [-0.4, -0.2) is 51.2 Å². The number of halogens is 2. The number of hydrogen-bond donors (Lipinski definition) is 3. The Hall–Kier alpha value is -2.53. The number of rotatable bonds is 12. The van der Waals surface area contributed by atoms with E-state index in [0.29, 0.717) is 31.2 Å². The van der Waals surface area contributed by atoms with E-state index in [1.807, 2.05) is 0 Å². The van der Waals surface area contributed by atoms with E-state index in [2.05, 4.69) is 14.8 Å². The van der Waals surface area contributed by atoms with Crippen LogP contribution in [0.15, 0.2) is 47.4 Å². The normalized spacial score (nSPS) is 15.6. The summed E-state index contributed by atoms with van der Waals surface area (Å²) in [5.74, 6) is -3.87. The van der Waals surface area contributed by atoms with Crippen molar-refractivity contribution in [3.63, 3.8) is 0 Å². The van der Waals surface area contributed by atoms with E-state index in [4.69, 9.17) is 9.47 Å². The Bertz CT molecular complexity index is 1170. The minimum atomic E-state index is -4.19. The largest absolute Gasteiger partial charge is 0.492 e. The Morgan fingerprint density at radius 1 is 1.22 bits per heavy atom. The molecule has 204 valence electrons. The van der Waals surface area contributed by atoms with E-state index in [-0.39, 0.29) is 35.1 Å². The number of carbonyl (C=O) groups is 1. The number of nitrogens with one attached hydrogen (secondary N) is 2. The molecule has 2 aromatic carbocycles. The Morgan fingerprint density at radius 3 is 2.62 bits per heavy atom. The van der Waals surface area contributed by atoms with Crippen LogP contribution in [-0.2, 0) is 19.6 Å². The lowest BCUT2D eigenvalue weighted by atomic mass is 9.92. The summed E-state index contributed by atoms with van der Waals surface area (Å²) >= 11 is 0. The highest BCUT2D eigenvalue weighted by molar-refractivity contribution is 7.92. The van der Waals surface area contributed by atoms with Gasteiger partial charge in [0.2, 0.25) is 5.91 Å². The van der Waals surface area contributed by atoms with E-state index in [1.54, 1.807) is 6.92 Å². The molecule has 1 amide bonds. The molecule has 13 heteroatoms. The van der Waals surface area contributed by atoms with Crippen LogP contribution in [0.5, 0.6) is 11.5 Å². The van der Waals surface area contributed by atoms with Gasteiger partial charge in [0.1, 0.15) is 16.4 Å². The van der Waals surface area contributed by atoms with Crippen molar-refractivity contribution in [2.45, 2.75) is 49.5 Å². The quantitative estimate of drug-likeness (QED) is 0.333. The van der Waals surface area contributed by atoms with E-state index in [9.17, 15) is 27.1 Å². The van der Waals surface area contributed by atoms with Crippen molar-refractivity contribution < 1.29 is 41.3 Å². The fourth-order valence-corrected chi connectivity index (χ4v) is 5.26. The van der Waals surface area contributed by atoms with Gasteiger partial charge in [0, 0.05) is 31.0 Å². The molecule has 1 fully saturated rings. The number of alkyl halides is 2. The highest BCUT2D eigenvalue weighted by Crippen LogP contribution is 2.32. The third kappa shape index (κ3) is 9.37. The Labute approximate surface area is 217 Å². The number of sulfonamides is 1. The molecule has 1 aliphatic heterocycles. The van der Waals surface area contributed by atoms with Gasteiger partial charge in [-0.1, -0.05) is 6.07 Å². The van der Waals surface area contributed by atoms with Gasteiger partial charge in [-0.05, 0) is 65.6 Å². The summed E-state index contributed by atoms with van der Waals surface area (Å²) in [7, 11) is -2.96. The maximum Gasteiger partial charge on any atom is 0.408 e. The zero-order chi connectivity index (χ0) is 27.1. The molecule has 0 aromatic heterocycles. The van der Waals surface area contributed by atoms with Crippen molar-refractivity contribution in [2.24, 2.45) is 5.92 Å². The van der Waals surface area contributed by atoms with Crippen LogP contribution in [0, 0.1) is 5.92 Å². The first kappa shape index (κ1) is 29.0. The minimum absolute atomic E-state index is 0.00472. The number of aliphatic hydroxyl groups excluding tert-OH is 1. The maximum atomic E-state index is 13.1. The number of aliphatic hydroxyl groups is 1. The number of benzene rings is 2. The summed E-state index contributed by atoms with van der Waals surface area (Å²) in [6.07, 6.45) is 1.30. The summed E-state index contributed by atoms with van der Waals surface area (Å²) in [6.45, 7) is 3.13. The number of amides is 1. The van der Waals surface area contributed by atoms with Crippen molar-refractivity contribution in [3.05, 3.63) is 42.5 Å². The molecule has 2 aromatic rings. The predicted molar refractivity (Wildman–Crippen MR) is 138 cm³/mol. The molecule has 3 N–H and O–H groups in total. The van der Waals surface area contributed by atoms with E-state index in [0.717, 1.165) is 18.9 Å². The van der Waals surface area contributed by atoms with Crippen LogP contribution in [0.25, 0.3) is 0 Å². The molecule has 1 saturated heterocycles. The molecule has 0 bridgehead atoms. The van der Waals surface area contributed by atoms with Gasteiger partial charge in [0.25, 0.3) is 10.0 Å². The molecular formula is C24H31F2N2O7PS. The lowest BCUT2D eigenvalue weighted by molar-refractivity contribution is -0.118. The average Bonchev–Trinajstić information content (AvgIpc) is 2.78. The van der Waals surface area contributed by atoms with Crippen LogP contribution < -0.4 is 19.5 Å². The van der Waals surface area contributed by atoms with E-state index < -0.39 is 27.9 Å². The van der Waals surface area contributed by atoms with Crippen molar-refractivity contribution in [1.29, 1.82) is 0 Å². The molecular weight excluding hydrogens is 529 g/mol. The van der Waals surface area contributed by atoms with Gasteiger partial charge in [-0.25, -0.2) is 8.42 Å². The molecule has 0 saturated carbocycles. The molecule has 3 rings (SSSR count). The van der Waals surface area contributed by atoms with Crippen LogP contribution in [0.3, 0.4) is 0 Å². The molecule has 1 aliphatic rings. The van der Waals surface area contributed by atoms with E-state index >= 15 is 0 Å². The minimum Gasteiger partial charge on any atom is -0.492 e. The lowest BCUT2D eigenvalue weighted by Gasteiger charge is -2.24. The molecule has 0 radical (unpaired) electrons. The third-order valence-electron chi connectivity index (χ3n) is 5.52. The zero-order valence-electron chi connectivity index (χ0n) is 20.3. The monoisotopic (exact) mass is 560 g/mol. The number of ether oxygens (including phenoxy) is 3. The van der Waals surface area contributed by atoms with Crippen LogP contribution in [0.1, 0.15) is 32.6 Å². The maximum absolute atomic E-state index is 13.1. The van der Waals surface area contributed by atoms with Gasteiger partial charge in [0.15, 0.2) is 0 Å². The van der Waals surface area contributed by atoms with Gasteiger partial charge in [0.05, 0.1) is 24.8 Å². The van der Waals surface area contributed by atoms with Crippen LogP contribution in [0.2, 0.25) is 0 Å². The van der Waals surface area contributed by atoms with E-state index in [1.165, 1.54) is 45.6 Å². The average molecular weight is 561 g/mol. The summed E-state index contributed by atoms with van der Waals surface area (Å²) in [4.78, 5) is 12.2. The SMILES string of the molecule is CCOc1cc(NC(=O)CC(O)CC2CCOCC2)ccc1S(=O)(=O)Nc1cccc(OC(F)(F)P)c1. The van der Waals surface area contributed by atoms with Gasteiger partial charge in [-0.3, -0.25) is 9.52 Å². The van der Waals surface area contributed by atoms with Crippen molar-refractivity contribution >= 4 is 36.5 Å². The summed E-state index contributed by atoms with van der Waals surface area (Å²) in [6, 6.07) is 9.16. The standard InChI is InChI=1S/C24H31F2N2O7PS/c1-2-34-21-14-17(27-23(30)15-19(29)12-16-8-10-33-11-9-16)6-7-22(21)37(31,32)28-18-4-3-5-20(13-18)35-24(25,26)36/h3-7,13-14,16,19,28-29H,2,8-12,15,36H2,1H3,(H,27,30). The van der Waals surface area contributed by atoms with Crippen LogP contribution >= 0.6 is 9.24 Å². The van der Waals surface area contributed by atoms with Gasteiger partial charge in [-0.15, -0.1) is 0 Å². The first-order valence-electron chi connectivity index (χ1n) is 11.8. The highest BCUT2D eigenvalue weighted by atomic mass is 32.2. The predicted octanol–water partition coefficient (Wildman–Crippen LogP) is 4.20. The lowest BCUT2D eigenvalue weighted by Crippen LogP contribution is -2.25. The van der Waals surface area contributed by atoms with Gasteiger partial charge < -0.3 is 24.6 Å². The number of carbonyl (C=O) groups excluding carboxylic acids is 1. The van der Waals surface area contributed by atoms with Crippen molar-refractivity contribution in [3.8, 4) is 11.5 Å². The molecule has 0 spiro atoms. The summed E-state index contributed by atoms with van der Waals surface area (Å²) < 4.78 is 69.9. The Morgan fingerprint density at radius 2 is 1.95 bits per heavy atom. The second kappa shape index (κ2) is 12.8. The van der Waals surface area contributed by atoms with Gasteiger partial charge >= 0.3 is 5.85 Å². The molecule has 1 heterocycles. The summed E-state index contributed by atoms with van der Waals surface area (Å²) in [5.41, 5.74) is 0.300. The first-order chi connectivity index (χ1) is 17.4. The fourth-order valence-electron chi connectivity index (χ4n) is 3.94. The van der Waals surface area contributed by atoms with Crippen LogP contribution in [0.4, 0.5) is 20.2 Å². The second-order valence-corrected chi connectivity index (χ2v) is 10.9. The molecule has 0 aliphatic carbocycles. The van der Waals surface area contributed by atoms with Gasteiger partial charge in [-0.2, -0.15) is 8.78 Å². The topological polar surface area (TPSA) is 123 Å². The second-order valence-electron chi connectivity index (χ2n) is 8.59. The first-order valence-corrected chi connectivity index (χ1v) is 13.8. The molecule has 2 unspecified atom stereocenters. The Kier molecular flexibility index (Phi) is 10.1. The van der Waals surface area contributed by atoms with Crippen molar-refractivity contribution in [2.75, 3.05) is 29.9 Å². The third-order valence-corrected chi connectivity index (χ3v) is 7.06. The highest BCUT2D eigenvalue weighted by Gasteiger charge is 2.25. The summed E-state index contributed by atoms with van der Waals surface area (Å²) in [5, 5.41) is 13.0. The molecule has 37 heavy (non-hydrogen) atoms. The smallest absolute Gasteiger partial charge is 0.408 e. The zero-order valence-corrected chi connectivity index (χ0v) is 22.3. The molecule has 9 nitrogen and oxygen atoms in total. The fraction of sp³-hybridized carbons (Fsp3) is 0.458. The van der Waals surface area contributed by atoms with Crippen molar-refractivity contribution in [1.82, 2.24) is 0 Å². The molecule has 2 atom stereocenters. The number of anilines is 2. The Balaban J connectivity index is 1.69. The number of hydrogen-bond acceptors (Lipinski definition) is 7.